The summed E-state index contributed by atoms with van der Waals surface area (Å²) in [7, 11) is 0. The molecular formula is C11H13NO2. The maximum atomic E-state index is 8.89. The number of hydrogen-bond acceptors (Lipinski definition) is 3. The maximum absolute atomic E-state index is 8.89. The molecule has 3 heteroatoms. The van der Waals surface area contributed by atoms with Gasteiger partial charge in [-0.05, 0) is 24.6 Å². The van der Waals surface area contributed by atoms with Gasteiger partial charge in [0.15, 0.2) is 0 Å². The summed E-state index contributed by atoms with van der Waals surface area (Å²) in [4.78, 5) is 0. The van der Waals surface area contributed by atoms with E-state index in [2.05, 4.69) is 0 Å². The first-order valence-corrected chi connectivity index (χ1v) is 4.49. The zero-order valence-electron chi connectivity index (χ0n) is 8.10. The van der Waals surface area contributed by atoms with Crippen molar-refractivity contribution in [1.82, 2.24) is 0 Å². The molecule has 0 bridgehead atoms. The number of rotatable bonds is 4. The molecule has 0 aromatic heterocycles. The van der Waals surface area contributed by atoms with Crippen LogP contribution in [0.3, 0.4) is 0 Å². The Morgan fingerprint density at radius 3 is 3.00 bits per heavy atom. The van der Waals surface area contributed by atoms with Crippen molar-refractivity contribution in [2.75, 3.05) is 0 Å². The first-order chi connectivity index (χ1) is 6.76. The molecule has 1 aromatic rings. The second kappa shape index (κ2) is 5.25. The van der Waals surface area contributed by atoms with Crippen molar-refractivity contribution in [1.29, 1.82) is 5.26 Å². The molecule has 1 aromatic carbocycles. The number of benzene rings is 1. The molecule has 0 aliphatic carbocycles. The van der Waals surface area contributed by atoms with Gasteiger partial charge in [-0.1, -0.05) is 12.1 Å². The van der Waals surface area contributed by atoms with Gasteiger partial charge >= 0.3 is 0 Å². The van der Waals surface area contributed by atoms with Gasteiger partial charge in [-0.2, -0.15) is 5.26 Å². The van der Waals surface area contributed by atoms with Gasteiger partial charge in [-0.3, -0.25) is 0 Å². The number of aliphatic hydroxyl groups is 1. The molecule has 1 unspecified atom stereocenters. The Hall–Kier alpha value is -1.53. The van der Waals surface area contributed by atoms with Gasteiger partial charge in [-0.15, -0.1) is 0 Å². The fraction of sp³-hybridized carbons (Fsp3) is 0.364. The molecule has 0 aliphatic heterocycles. The summed E-state index contributed by atoms with van der Waals surface area (Å²) in [6.45, 7) is 1.85. The Balaban J connectivity index is 2.63. The Morgan fingerprint density at radius 2 is 2.36 bits per heavy atom. The van der Waals surface area contributed by atoms with E-state index in [1.807, 2.05) is 31.2 Å². The van der Waals surface area contributed by atoms with Crippen molar-refractivity contribution in [2.24, 2.45) is 0 Å². The Bertz CT molecular complexity index is 330. The third kappa shape index (κ3) is 3.08. The van der Waals surface area contributed by atoms with E-state index in [0.717, 1.165) is 5.56 Å². The zero-order chi connectivity index (χ0) is 10.4. The van der Waals surface area contributed by atoms with Crippen molar-refractivity contribution in [3.8, 4) is 11.8 Å². The van der Waals surface area contributed by atoms with Crippen molar-refractivity contribution < 1.29 is 9.84 Å². The highest BCUT2D eigenvalue weighted by Gasteiger charge is 2.03. The van der Waals surface area contributed by atoms with Crippen LogP contribution in [0.15, 0.2) is 24.3 Å². The lowest BCUT2D eigenvalue weighted by Crippen LogP contribution is -2.10. The highest BCUT2D eigenvalue weighted by molar-refractivity contribution is 5.28. The van der Waals surface area contributed by atoms with E-state index >= 15 is 0 Å². The Kier molecular flexibility index (Phi) is 3.96. The summed E-state index contributed by atoms with van der Waals surface area (Å²) in [5.41, 5.74) is 0.812. The highest BCUT2D eigenvalue weighted by Crippen LogP contribution is 2.15. The summed E-state index contributed by atoms with van der Waals surface area (Å²) in [6, 6.07) is 9.27. The van der Waals surface area contributed by atoms with Gasteiger partial charge < -0.3 is 9.84 Å². The van der Waals surface area contributed by atoms with Crippen LogP contribution in [0.2, 0.25) is 0 Å². The first kappa shape index (κ1) is 10.6. The SMILES string of the molecule is CC(CC#N)Oc1cccc(CO)c1. The Labute approximate surface area is 83.6 Å². The largest absolute Gasteiger partial charge is 0.490 e. The molecule has 14 heavy (non-hydrogen) atoms. The molecule has 0 saturated carbocycles. The van der Waals surface area contributed by atoms with E-state index < -0.39 is 0 Å². The van der Waals surface area contributed by atoms with Crippen molar-refractivity contribution >= 4 is 0 Å². The fourth-order valence-electron chi connectivity index (χ4n) is 1.12. The van der Waals surface area contributed by atoms with Crippen LogP contribution in [0.5, 0.6) is 5.75 Å². The van der Waals surface area contributed by atoms with E-state index in [9.17, 15) is 0 Å². The molecule has 3 nitrogen and oxygen atoms in total. The molecule has 1 rings (SSSR count). The average Bonchev–Trinajstić information content (AvgIpc) is 2.18. The number of hydrogen-bond donors (Lipinski definition) is 1. The lowest BCUT2D eigenvalue weighted by molar-refractivity contribution is 0.225. The molecule has 0 saturated heterocycles. The monoisotopic (exact) mass is 191 g/mol. The number of aliphatic hydroxyl groups excluding tert-OH is 1. The lowest BCUT2D eigenvalue weighted by Gasteiger charge is -2.11. The van der Waals surface area contributed by atoms with Crippen LogP contribution in [-0.4, -0.2) is 11.2 Å². The molecule has 74 valence electrons. The zero-order valence-corrected chi connectivity index (χ0v) is 8.10. The van der Waals surface area contributed by atoms with Gasteiger partial charge in [0, 0.05) is 0 Å². The van der Waals surface area contributed by atoms with E-state index in [1.54, 1.807) is 6.07 Å². The fourth-order valence-corrected chi connectivity index (χ4v) is 1.12. The van der Waals surface area contributed by atoms with E-state index in [4.69, 9.17) is 15.1 Å². The van der Waals surface area contributed by atoms with Crippen molar-refractivity contribution in [3.63, 3.8) is 0 Å². The topological polar surface area (TPSA) is 53.2 Å². The normalized spacial score (nSPS) is 11.8. The van der Waals surface area contributed by atoms with E-state index in [1.165, 1.54) is 0 Å². The van der Waals surface area contributed by atoms with Gasteiger partial charge in [0.1, 0.15) is 11.9 Å². The van der Waals surface area contributed by atoms with Gasteiger partial charge in [-0.25, -0.2) is 0 Å². The van der Waals surface area contributed by atoms with Crippen LogP contribution in [0, 0.1) is 11.3 Å². The second-order valence-electron chi connectivity index (χ2n) is 3.10. The van der Waals surface area contributed by atoms with Gasteiger partial charge in [0.05, 0.1) is 19.1 Å². The van der Waals surface area contributed by atoms with Gasteiger partial charge in [0.25, 0.3) is 0 Å². The predicted octanol–water partition coefficient (Wildman–Crippen LogP) is 1.86. The number of ether oxygens (including phenoxy) is 1. The molecule has 0 spiro atoms. The molecule has 0 heterocycles. The average molecular weight is 191 g/mol. The summed E-state index contributed by atoms with van der Waals surface area (Å²) in [5, 5.41) is 17.3. The molecule has 0 amide bonds. The van der Waals surface area contributed by atoms with Gasteiger partial charge in [0.2, 0.25) is 0 Å². The smallest absolute Gasteiger partial charge is 0.120 e. The summed E-state index contributed by atoms with van der Waals surface area (Å²) >= 11 is 0. The maximum Gasteiger partial charge on any atom is 0.120 e. The van der Waals surface area contributed by atoms with Crippen LogP contribution in [-0.2, 0) is 6.61 Å². The van der Waals surface area contributed by atoms with Crippen LogP contribution in [0.1, 0.15) is 18.9 Å². The minimum absolute atomic E-state index is 0.00380. The molecule has 0 fully saturated rings. The lowest BCUT2D eigenvalue weighted by atomic mass is 10.2. The van der Waals surface area contributed by atoms with Crippen LogP contribution in [0.25, 0.3) is 0 Å². The second-order valence-corrected chi connectivity index (χ2v) is 3.10. The summed E-state index contributed by atoms with van der Waals surface area (Å²) < 4.78 is 5.46. The van der Waals surface area contributed by atoms with E-state index in [0.29, 0.717) is 12.2 Å². The van der Waals surface area contributed by atoms with Crippen molar-refractivity contribution in [2.45, 2.75) is 26.1 Å². The third-order valence-electron chi connectivity index (χ3n) is 1.80. The molecule has 1 N–H and O–H groups in total. The molecule has 0 aliphatic rings. The quantitative estimate of drug-likeness (QED) is 0.790. The highest BCUT2D eigenvalue weighted by atomic mass is 16.5. The number of nitrogens with zero attached hydrogens (tertiary/aromatic N) is 1. The van der Waals surface area contributed by atoms with Crippen LogP contribution in [0.4, 0.5) is 0 Å². The first-order valence-electron chi connectivity index (χ1n) is 4.49. The predicted molar refractivity (Wildman–Crippen MR) is 52.7 cm³/mol. The molecular weight excluding hydrogens is 178 g/mol. The Morgan fingerprint density at radius 1 is 1.57 bits per heavy atom. The van der Waals surface area contributed by atoms with Crippen molar-refractivity contribution in [3.05, 3.63) is 29.8 Å². The van der Waals surface area contributed by atoms with E-state index in [-0.39, 0.29) is 12.7 Å². The minimum Gasteiger partial charge on any atom is -0.490 e. The van der Waals surface area contributed by atoms with Crippen LogP contribution >= 0.6 is 0 Å². The summed E-state index contributed by atoms with van der Waals surface area (Å²) in [6.07, 6.45) is 0.248. The molecule has 1 atom stereocenters. The third-order valence-corrected chi connectivity index (χ3v) is 1.80. The molecule has 0 radical (unpaired) electrons. The summed E-state index contributed by atoms with van der Waals surface area (Å²) in [5.74, 6) is 0.694. The van der Waals surface area contributed by atoms with Crippen LogP contribution < -0.4 is 4.74 Å². The minimum atomic E-state index is -0.117. The number of nitriles is 1. The standard InChI is InChI=1S/C11H13NO2/c1-9(5-6-12)14-11-4-2-3-10(7-11)8-13/h2-4,7,9,13H,5,8H2,1H3.